The summed E-state index contributed by atoms with van der Waals surface area (Å²) >= 11 is 0. The van der Waals surface area contributed by atoms with Gasteiger partial charge in [-0.2, -0.15) is 0 Å². The van der Waals surface area contributed by atoms with Gasteiger partial charge >= 0.3 is 0 Å². The lowest BCUT2D eigenvalue weighted by Gasteiger charge is -2.24. The molecule has 0 saturated heterocycles. The van der Waals surface area contributed by atoms with Gasteiger partial charge in [-0.05, 0) is 43.2 Å². The molecule has 132 valence electrons. The van der Waals surface area contributed by atoms with E-state index in [0.717, 1.165) is 11.1 Å². The predicted molar refractivity (Wildman–Crippen MR) is 99.3 cm³/mol. The molecule has 2 rings (SSSR count). The Bertz CT molecular complexity index is 771. The minimum Gasteiger partial charge on any atom is -0.495 e. The van der Waals surface area contributed by atoms with Crippen molar-refractivity contribution < 1.29 is 14.3 Å². The Morgan fingerprint density at radius 3 is 2.48 bits per heavy atom. The molecule has 0 heterocycles. The number of nitrogens with one attached hydrogen (secondary N) is 1. The fourth-order valence-electron chi connectivity index (χ4n) is 2.66. The highest BCUT2D eigenvalue weighted by atomic mass is 16.5. The standard InChI is InChI=1S/C20H24N2O3/c1-14-9-10-19(25-4)18(13-14)22(16(3)23)12-11-21-20(24)17-8-6-5-7-15(17)2/h5-10,13H,11-12H2,1-4H3,(H,21,24). The molecule has 0 aliphatic rings. The Morgan fingerprint density at radius 2 is 1.84 bits per heavy atom. The van der Waals surface area contributed by atoms with Crippen molar-refractivity contribution in [3.63, 3.8) is 0 Å². The van der Waals surface area contributed by atoms with E-state index < -0.39 is 0 Å². The van der Waals surface area contributed by atoms with Gasteiger partial charge < -0.3 is 15.0 Å². The van der Waals surface area contributed by atoms with Crippen molar-refractivity contribution in [2.45, 2.75) is 20.8 Å². The average Bonchev–Trinajstić information content (AvgIpc) is 2.58. The second-order valence-electron chi connectivity index (χ2n) is 5.92. The van der Waals surface area contributed by atoms with Crippen LogP contribution in [0.3, 0.4) is 0 Å². The van der Waals surface area contributed by atoms with Crippen molar-refractivity contribution in [1.29, 1.82) is 0 Å². The number of rotatable bonds is 6. The Kier molecular flexibility index (Phi) is 6.17. The quantitative estimate of drug-likeness (QED) is 0.879. The van der Waals surface area contributed by atoms with Crippen LogP contribution >= 0.6 is 0 Å². The van der Waals surface area contributed by atoms with Crippen molar-refractivity contribution in [3.05, 3.63) is 59.2 Å². The van der Waals surface area contributed by atoms with Crippen molar-refractivity contribution >= 4 is 17.5 Å². The van der Waals surface area contributed by atoms with E-state index >= 15 is 0 Å². The average molecular weight is 340 g/mol. The molecule has 2 aromatic rings. The maximum atomic E-state index is 12.3. The molecule has 5 nitrogen and oxygen atoms in total. The number of aryl methyl sites for hydroxylation is 2. The smallest absolute Gasteiger partial charge is 0.251 e. The number of methoxy groups -OCH3 is 1. The molecule has 0 saturated carbocycles. The van der Waals surface area contributed by atoms with E-state index in [2.05, 4.69) is 5.32 Å². The Balaban J connectivity index is 2.09. The number of hydrogen-bond acceptors (Lipinski definition) is 3. The van der Waals surface area contributed by atoms with E-state index in [1.807, 2.05) is 50.2 Å². The van der Waals surface area contributed by atoms with Gasteiger partial charge in [-0.15, -0.1) is 0 Å². The van der Waals surface area contributed by atoms with Gasteiger partial charge in [0, 0.05) is 25.6 Å². The van der Waals surface area contributed by atoms with Crippen LogP contribution in [-0.2, 0) is 4.79 Å². The molecule has 5 heteroatoms. The third-order valence-electron chi connectivity index (χ3n) is 4.02. The van der Waals surface area contributed by atoms with Gasteiger partial charge in [-0.3, -0.25) is 9.59 Å². The summed E-state index contributed by atoms with van der Waals surface area (Å²) in [6, 6.07) is 13.1. The molecule has 0 fully saturated rings. The third kappa shape index (κ3) is 4.59. The maximum absolute atomic E-state index is 12.3. The second-order valence-corrected chi connectivity index (χ2v) is 5.92. The lowest BCUT2D eigenvalue weighted by Crippen LogP contribution is -2.38. The minimum absolute atomic E-state index is 0.103. The largest absolute Gasteiger partial charge is 0.495 e. The molecule has 1 N–H and O–H groups in total. The number of hydrogen-bond donors (Lipinski definition) is 1. The van der Waals surface area contributed by atoms with Crippen LogP contribution in [0.4, 0.5) is 5.69 Å². The van der Waals surface area contributed by atoms with Crippen molar-refractivity contribution in [2.75, 3.05) is 25.1 Å². The Labute approximate surface area is 148 Å². The molecule has 0 aromatic heterocycles. The van der Waals surface area contributed by atoms with Crippen molar-refractivity contribution in [1.82, 2.24) is 5.32 Å². The third-order valence-corrected chi connectivity index (χ3v) is 4.02. The summed E-state index contributed by atoms with van der Waals surface area (Å²) in [5.74, 6) is 0.387. The van der Waals surface area contributed by atoms with Crippen LogP contribution in [0.1, 0.15) is 28.4 Å². The summed E-state index contributed by atoms with van der Waals surface area (Å²) in [6.45, 7) is 6.08. The second kappa shape index (κ2) is 8.33. The van der Waals surface area contributed by atoms with E-state index in [-0.39, 0.29) is 11.8 Å². The first kappa shape index (κ1) is 18.5. The first-order chi connectivity index (χ1) is 11.9. The number of carbonyl (C=O) groups excluding carboxylic acids is 2. The first-order valence-corrected chi connectivity index (χ1v) is 8.20. The highest BCUT2D eigenvalue weighted by Gasteiger charge is 2.17. The van der Waals surface area contributed by atoms with E-state index in [1.165, 1.54) is 6.92 Å². The van der Waals surface area contributed by atoms with Gasteiger partial charge in [0.25, 0.3) is 5.91 Å². The normalized spacial score (nSPS) is 10.2. The molecule has 0 spiro atoms. The SMILES string of the molecule is COc1ccc(C)cc1N(CCNC(=O)c1ccccc1C)C(C)=O. The first-order valence-electron chi connectivity index (χ1n) is 8.20. The van der Waals surface area contributed by atoms with Crippen LogP contribution in [0.15, 0.2) is 42.5 Å². The zero-order valence-corrected chi connectivity index (χ0v) is 15.1. The van der Waals surface area contributed by atoms with Gasteiger partial charge in [0.15, 0.2) is 0 Å². The number of ether oxygens (including phenoxy) is 1. The van der Waals surface area contributed by atoms with Gasteiger partial charge in [0.2, 0.25) is 5.91 Å². The Morgan fingerprint density at radius 1 is 1.12 bits per heavy atom. The minimum atomic E-state index is -0.141. The van der Waals surface area contributed by atoms with Gasteiger partial charge in [0.05, 0.1) is 12.8 Å². The lowest BCUT2D eigenvalue weighted by molar-refractivity contribution is -0.116. The van der Waals surface area contributed by atoms with E-state index in [0.29, 0.717) is 30.1 Å². The lowest BCUT2D eigenvalue weighted by atomic mass is 10.1. The van der Waals surface area contributed by atoms with Gasteiger partial charge in [-0.1, -0.05) is 24.3 Å². The van der Waals surface area contributed by atoms with Crippen LogP contribution in [-0.4, -0.2) is 32.0 Å². The van der Waals surface area contributed by atoms with Crippen LogP contribution in [0, 0.1) is 13.8 Å². The van der Waals surface area contributed by atoms with E-state index in [4.69, 9.17) is 4.74 Å². The Hall–Kier alpha value is -2.82. The molecule has 0 unspecified atom stereocenters. The summed E-state index contributed by atoms with van der Waals surface area (Å²) in [5, 5.41) is 2.87. The number of benzene rings is 2. The highest BCUT2D eigenvalue weighted by molar-refractivity contribution is 5.96. The molecule has 0 aliphatic heterocycles. The number of anilines is 1. The molecule has 0 atom stereocenters. The molecular formula is C20H24N2O3. The van der Waals surface area contributed by atoms with Gasteiger partial charge in [-0.25, -0.2) is 0 Å². The summed E-state index contributed by atoms with van der Waals surface area (Å²) in [6.07, 6.45) is 0. The summed E-state index contributed by atoms with van der Waals surface area (Å²) < 4.78 is 5.36. The molecule has 0 bridgehead atoms. The molecular weight excluding hydrogens is 316 g/mol. The number of carbonyl (C=O) groups is 2. The molecule has 0 radical (unpaired) electrons. The van der Waals surface area contributed by atoms with E-state index in [1.54, 1.807) is 18.1 Å². The summed E-state index contributed by atoms with van der Waals surface area (Å²) in [5.41, 5.74) is 3.31. The number of nitrogens with zero attached hydrogens (tertiary/aromatic N) is 1. The zero-order valence-electron chi connectivity index (χ0n) is 15.1. The van der Waals surface area contributed by atoms with Crippen LogP contribution in [0.2, 0.25) is 0 Å². The fraction of sp³-hybridized carbons (Fsp3) is 0.300. The van der Waals surface area contributed by atoms with Crippen LogP contribution < -0.4 is 15.0 Å². The molecule has 0 aliphatic carbocycles. The van der Waals surface area contributed by atoms with Crippen LogP contribution in [0.25, 0.3) is 0 Å². The predicted octanol–water partition coefficient (Wildman–Crippen LogP) is 3.09. The topological polar surface area (TPSA) is 58.6 Å². The van der Waals surface area contributed by atoms with Crippen LogP contribution in [0.5, 0.6) is 5.75 Å². The van der Waals surface area contributed by atoms with Crippen molar-refractivity contribution in [3.8, 4) is 5.75 Å². The summed E-state index contributed by atoms with van der Waals surface area (Å²) in [4.78, 5) is 26.0. The van der Waals surface area contributed by atoms with Gasteiger partial charge in [0.1, 0.15) is 5.75 Å². The maximum Gasteiger partial charge on any atom is 0.251 e. The van der Waals surface area contributed by atoms with Crippen molar-refractivity contribution in [2.24, 2.45) is 0 Å². The molecule has 2 amide bonds. The highest BCUT2D eigenvalue weighted by Crippen LogP contribution is 2.29. The molecule has 2 aromatic carbocycles. The number of amides is 2. The monoisotopic (exact) mass is 340 g/mol. The molecule has 25 heavy (non-hydrogen) atoms. The zero-order chi connectivity index (χ0) is 18.4. The van der Waals surface area contributed by atoms with E-state index in [9.17, 15) is 9.59 Å². The fourth-order valence-corrected chi connectivity index (χ4v) is 2.66. The summed E-state index contributed by atoms with van der Waals surface area (Å²) in [7, 11) is 1.58.